The number of carbonyl (C=O) groups is 1. The smallest absolute Gasteiger partial charge is 0.243 e. The second kappa shape index (κ2) is 4.02. The zero-order valence-corrected chi connectivity index (χ0v) is 9.59. The SMILES string of the molecule is Cc1cc(NC(=O)[C@H](N)C(C)(C)C)n[nH]1. The molecule has 15 heavy (non-hydrogen) atoms. The number of aromatic nitrogens is 2. The van der Waals surface area contributed by atoms with Crippen LogP contribution in [0.3, 0.4) is 0 Å². The van der Waals surface area contributed by atoms with E-state index in [0.717, 1.165) is 5.69 Å². The first-order valence-electron chi connectivity index (χ1n) is 4.89. The molecule has 0 aromatic carbocycles. The van der Waals surface area contributed by atoms with Crippen molar-refractivity contribution in [2.45, 2.75) is 33.7 Å². The van der Waals surface area contributed by atoms with Gasteiger partial charge in [0.2, 0.25) is 5.91 Å². The van der Waals surface area contributed by atoms with Gasteiger partial charge in [0.1, 0.15) is 0 Å². The van der Waals surface area contributed by atoms with Crippen LogP contribution in [0.5, 0.6) is 0 Å². The van der Waals surface area contributed by atoms with Gasteiger partial charge in [-0.25, -0.2) is 0 Å². The lowest BCUT2D eigenvalue weighted by molar-refractivity contribution is -0.119. The van der Waals surface area contributed by atoms with Crippen LogP contribution in [0.2, 0.25) is 0 Å². The Kier molecular flexibility index (Phi) is 3.14. The predicted molar refractivity (Wildman–Crippen MR) is 59.4 cm³/mol. The lowest BCUT2D eigenvalue weighted by Crippen LogP contribution is -2.45. The molecule has 1 aromatic rings. The van der Waals surface area contributed by atoms with Gasteiger partial charge in [-0.15, -0.1) is 0 Å². The fourth-order valence-corrected chi connectivity index (χ4v) is 1.08. The first-order chi connectivity index (χ1) is 6.80. The molecule has 0 aliphatic rings. The number of nitrogens with one attached hydrogen (secondary N) is 2. The maximum absolute atomic E-state index is 11.7. The van der Waals surface area contributed by atoms with Gasteiger partial charge in [0.05, 0.1) is 6.04 Å². The quantitative estimate of drug-likeness (QED) is 0.681. The van der Waals surface area contributed by atoms with Crippen LogP contribution in [0.15, 0.2) is 6.07 Å². The van der Waals surface area contributed by atoms with Crippen molar-refractivity contribution in [2.75, 3.05) is 5.32 Å². The highest BCUT2D eigenvalue weighted by Crippen LogP contribution is 2.18. The molecule has 0 bridgehead atoms. The van der Waals surface area contributed by atoms with Crippen molar-refractivity contribution in [3.05, 3.63) is 11.8 Å². The number of carbonyl (C=O) groups excluding carboxylic acids is 1. The molecule has 5 nitrogen and oxygen atoms in total. The Morgan fingerprint density at radius 2 is 2.20 bits per heavy atom. The van der Waals surface area contributed by atoms with Crippen molar-refractivity contribution in [3.8, 4) is 0 Å². The minimum Gasteiger partial charge on any atom is -0.319 e. The second-order valence-corrected chi connectivity index (χ2v) is 4.77. The summed E-state index contributed by atoms with van der Waals surface area (Å²) < 4.78 is 0. The van der Waals surface area contributed by atoms with Crippen molar-refractivity contribution in [1.29, 1.82) is 0 Å². The van der Waals surface area contributed by atoms with Crippen molar-refractivity contribution >= 4 is 11.7 Å². The highest BCUT2D eigenvalue weighted by Gasteiger charge is 2.27. The van der Waals surface area contributed by atoms with Crippen LogP contribution >= 0.6 is 0 Å². The molecule has 0 aliphatic heterocycles. The van der Waals surface area contributed by atoms with Crippen LogP contribution in [0.1, 0.15) is 26.5 Å². The number of nitrogens with zero attached hydrogens (tertiary/aromatic N) is 1. The van der Waals surface area contributed by atoms with E-state index in [2.05, 4.69) is 15.5 Å². The molecule has 84 valence electrons. The average molecular weight is 210 g/mol. The van der Waals surface area contributed by atoms with Gasteiger partial charge in [0, 0.05) is 11.8 Å². The Balaban J connectivity index is 2.64. The fraction of sp³-hybridized carbons (Fsp3) is 0.600. The molecule has 1 rings (SSSR count). The monoisotopic (exact) mass is 210 g/mol. The molecule has 0 radical (unpaired) electrons. The Morgan fingerprint density at radius 1 is 1.60 bits per heavy atom. The summed E-state index contributed by atoms with van der Waals surface area (Å²) in [5.41, 5.74) is 6.44. The zero-order valence-electron chi connectivity index (χ0n) is 9.59. The molecule has 0 spiro atoms. The summed E-state index contributed by atoms with van der Waals surface area (Å²) >= 11 is 0. The topological polar surface area (TPSA) is 83.8 Å². The Labute approximate surface area is 89.4 Å². The van der Waals surface area contributed by atoms with Crippen molar-refractivity contribution < 1.29 is 4.79 Å². The van der Waals surface area contributed by atoms with Gasteiger partial charge in [-0.05, 0) is 12.3 Å². The van der Waals surface area contributed by atoms with Gasteiger partial charge >= 0.3 is 0 Å². The van der Waals surface area contributed by atoms with E-state index in [1.165, 1.54) is 0 Å². The maximum atomic E-state index is 11.7. The molecule has 1 heterocycles. The van der Waals surface area contributed by atoms with Crippen molar-refractivity contribution in [3.63, 3.8) is 0 Å². The molecule has 0 saturated carbocycles. The fourth-order valence-electron chi connectivity index (χ4n) is 1.08. The molecule has 0 fully saturated rings. The number of H-pyrrole nitrogens is 1. The summed E-state index contributed by atoms with van der Waals surface area (Å²) in [6, 6.07) is 1.21. The number of hydrogen-bond donors (Lipinski definition) is 3. The van der Waals surface area contributed by atoms with Crippen LogP contribution in [0.25, 0.3) is 0 Å². The van der Waals surface area contributed by atoms with E-state index in [-0.39, 0.29) is 11.3 Å². The van der Waals surface area contributed by atoms with Gasteiger partial charge in [-0.2, -0.15) is 5.10 Å². The molecule has 5 heteroatoms. The number of aromatic amines is 1. The minimum absolute atomic E-state index is 0.214. The highest BCUT2D eigenvalue weighted by molar-refractivity contribution is 5.94. The number of hydrogen-bond acceptors (Lipinski definition) is 3. The predicted octanol–water partition coefficient (Wildman–Crippen LogP) is 1.03. The summed E-state index contributed by atoms with van der Waals surface area (Å²) in [4.78, 5) is 11.7. The molecule has 1 atom stereocenters. The maximum Gasteiger partial charge on any atom is 0.243 e. The van der Waals surface area contributed by atoms with E-state index in [4.69, 9.17) is 5.73 Å². The number of rotatable bonds is 2. The average Bonchev–Trinajstić information content (AvgIpc) is 2.48. The lowest BCUT2D eigenvalue weighted by atomic mass is 9.87. The molecule has 1 aromatic heterocycles. The normalized spacial score (nSPS) is 13.7. The standard InChI is InChI=1S/C10H18N4O/c1-6-5-7(14-13-6)12-9(15)8(11)10(2,3)4/h5,8H,11H2,1-4H3,(H2,12,13,14,15)/t8-/m0/s1. The molecule has 4 N–H and O–H groups in total. The van der Waals surface area contributed by atoms with Gasteiger partial charge < -0.3 is 11.1 Å². The summed E-state index contributed by atoms with van der Waals surface area (Å²) in [6.07, 6.45) is 0. The summed E-state index contributed by atoms with van der Waals surface area (Å²) in [5, 5.41) is 9.32. The zero-order chi connectivity index (χ0) is 11.6. The second-order valence-electron chi connectivity index (χ2n) is 4.77. The van der Waals surface area contributed by atoms with E-state index in [1.807, 2.05) is 27.7 Å². The summed E-state index contributed by atoms with van der Waals surface area (Å²) in [6.45, 7) is 7.64. The third-order valence-electron chi connectivity index (χ3n) is 2.17. The third kappa shape index (κ3) is 3.06. The van der Waals surface area contributed by atoms with E-state index < -0.39 is 6.04 Å². The Hall–Kier alpha value is -1.36. The molecule has 0 saturated heterocycles. The molecular weight excluding hydrogens is 192 g/mol. The first kappa shape index (κ1) is 11.7. The number of anilines is 1. The number of amides is 1. The third-order valence-corrected chi connectivity index (χ3v) is 2.17. The van der Waals surface area contributed by atoms with Gasteiger partial charge in [0.15, 0.2) is 5.82 Å². The van der Waals surface area contributed by atoms with Crippen molar-refractivity contribution in [2.24, 2.45) is 11.1 Å². The summed E-state index contributed by atoms with van der Waals surface area (Å²) in [7, 11) is 0. The van der Waals surface area contributed by atoms with Crippen LogP contribution in [0, 0.1) is 12.3 Å². The van der Waals surface area contributed by atoms with Crippen LogP contribution in [0.4, 0.5) is 5.82 Å². The summed E-state index contributed by atoms with van der Waals surface area (Å²) in [5.74, 6) is 0.297. The Bertz CT molecular complexity index is 351. The van der Waals surface area contributed by atoms with Crippen LogP contribution in [-0.4, -0.2) is 22.1 Å². The molecule has 1 amide bonds. The van der Waals surface area contributed by atoms with Crippen LogP contribution in [-0.2, 0) is 4.79 Å². The number of nitrogens with two attached hydrogens (primary N) is 1. The lowest BCUT2D eigenvalue weighted by Gasteiger charge is -2.25. The van der Waals surface area contributed by atoms with E-state index in [1.54, 1.807) is 6.07 Å². The molecular formula is C10H18N4O. The van der Waals surface area contributed by atoms with Gasteiger partial charge in [-0.3, -0.25) is 9.89 Å². The van der Waals surface area contributed by atoms with E-state index in [0.29, 0.717) is 5.82 Å². The molecule has 0 unspecified atom stereocenters. The highest BCUT2D eigenvalue weighted by atomic mass is 16.2. The van der Waals surface area contributed by atoms with E-state index >= 15 is 0 Å². The first-order valence-corrected chi connectivity index (χ1v) is 4.89. The van der Waals surface area contributed by atoms with Gasteiger partial charge in [-0.1, -0.05) is 20.8 Å². The van der Waals surface area contributed by atoms with Gasteiger partial charge in [0.25, 0.3) is 0 Å². The van der Waals surface area contributed by atoms with Crippen LogP contribution < -0.4 is 11.1 Å². The molecule has 0 aliphatic carbocycles. The largest absolute Gasteiger partial charge is 0.319 e. The van der Waals surface area contributed by atoms with Crippen molar-refractivity contribution in [1.82, 2.24) is 10.2 Å². The number of aryl methyl sites for hydroxylation is 1. The Morgan fingerprint density at radius 3 is 2.60 bits per heavy atom. The van der Waals surface area contributed by atoms with E-state index in [9.17, 15) is 4.79 Å². The minimum atomic E-state index is -0.547.